The Kier molecular flexibility index (Phi) is 7.53. The Labute approximate surface area is 198 Å². The molecule has 0 unspecified atom stereocenters. The number of carbonyl (C=O) groups is 1. The molecule has 1 aliphatic heterocycles. The standard InChI is InChI=1S/C21H18F3N3O3.CH4O3S/c1-11-9-26(5-4-25-11)19-8-18-13(7-16(19)24)20(28)14(21(29)30)10-27(18)17-3-2-12(22)6-15(17)23;1-5(2,3)4/h2-3,6-8,10-11,25H,4-5,9H2,1H3,(H,29,30);1H3,(H,2,3,4)/t11-;/m1./s1. The molecule has 1 aliphatic rings. The van der Waals surface area contributed by atoms with Crippen LogP contribution in [0.2, 0.25) is 0 Å². The van der Waals surface area contributed by atoms with Crippen LogP contribution in [0.15, 0.2) is 41.3 Å². The van der Waals surface area contributed by atoms with Crippen LogP contribution in [0.1, 0.15) is 17.3 Å². The lowest BCUT2D eigenvalue weighted by Crippen LogP contribution is -2.49. The molecule has 0 saturated carbocycles. The molecule has 13 heteroatoms. The van der Waals surface area contributed by atoms with Gasteiger partial charge in [-0.3, -0.25) is 9.35 Å². The normalized spacial score (nSPS) is 16.1. The molecule has 1 aromatic heterocycles. The van der Waals surface area contributed by atoms with Crippen molar-refractivity contribution in [3.05, 3.63) is 69.8 Å². The lowest BCUT2D eigenvalue weighted by molar-refractivity contribution is 0.0695. The van der Waals surface area contributed by atoms with Gasteiger partial charge in [0.2, 0.25) is 5.43 Å². The lowest BCUT2D eigenvalue weighted by atomic mass is 10.1. The second-order valence-electron chi connectivity index (χ2n) is 8.00. The Balaban J connectivity index is 0.000000623. The van der Waals surface area contributed by atoms with Gasteiger partial charge in [0.05, 0.1) is 23.1 Å². The Morgan fingerprint density at radius 1 is 1.11 bits per heavy atom. The summed E-state index contributed by atoms with van der Waals surface area (Å²) in [5.41, 5.74) is -1.34. The van der Waals surface area contributed by atoms with Crippen LogP contribution in [0.25, 0.3) is 16.6 Å². The molecule has 1 saturated heterocycles. The van der Waals surface area contributed by atoms with Crippen LogP contribution in [0.5, 0.6) is 0 Å². The number of halogens is 3. The molecule has 4 rings (SSSR count). The third kappa shape index (κ3) is 6.18. The van der Waals surface area contributed by atoms with E-state index in [1.54, 1.807) is 4.90 Å². The maximum absolute atomic E-state index is 14.9. The minimum absolute atomic E-state index is 0.111. The Morgan fingerprint density at radius 2 is 1.74 bits per heavy atom. The van der Waals surface area contributed by atoms with Gasteiger partial charge in [-0.05, 0) is 31.2 Å². The van der Waals surface area contributed by atoms with E-state index in [4.69, 9.17) is 4.55 Å². The van der Waals surface area contributed by atoms with Gasteiger partial charge in [0.15, 0.2) is 0 Å². The fourth-order valence-corrected chi connectivity index (χ4v) is 3.76. The number of rotatable bonds is 3. The van der Waals surface area contributed by atoms with Crippen LogP contribution in [0.3, 0.4) is 0 Å². The number of nitrogens with zero attached hydrogens (tertiary/aromatic N) is 2. The van der Waals surface area contributed by atoms with Gasteiger partial charge in [-0.15, -0.1) is 0 Å². The van der Waals surface area contributed by atoms with Gasteiger partial charge >= 0.3 is 5.97 Å². The molecule has 2 heterocycles. The number of piperazine rings is 1. The van der Waals surface area contributed by atoms with Gasteiger partial charge < -0.3 is 19.9 Å². The fraction of sp³-hybridized carbons (Fsp3) is 0.273. The van der Waals surface area contributed by atoms with Crippen LogP contribution in [0.4, 0.5) is 18.9 Å². The summed E-state index contributed by atoms with van der Waals surface area (Å²) in [4.78, 5) is 26.0. The smallest absolute Gasteiger partial charge is 0.341 e. The second kappa shape index (κ2) is 10.1. The number of carboxylic acid groups (broad SMARTS) is 1. The zero-order chi connectivity index (χ0) is 26.1. The average Bonchev–Trinajstić information content (AvgIpc) is 2.73. The van der Waals surface area contributed by atoms with Crippen molar-refractivity contribution < 1.29 is 36.0 Å². The number of nitrogens with one attached hydrogen (secondary N) is 1. The highest BCUT2D eigenvalue weighted by atomic mass is 32.2. The summed E-state index contributed by atoms with van der Waals surface area (Å²) < 4.78 is 69.8. The molecule has 9 nitrogen and oxygen atoms in total. The SMILES string of the molecule is CS(=O)(=O)O.C[C@@H]1CN(c2cc3c(cc2F)c(=O)c(C(=O)O)cn3-c2ccc(F)cc2F)CCN1. The summed E-state index contributed by atoms with van der Waals surface area (Å²) in [6.45, 7) is 3.63. The molecule has 35 heavy (non-hydrogen) atoms. The first kappa shape index (κ1) is 26.2. The molecule has 1 atom stereocenters. The van der Waals surface area contributed by atoms with E-state index in [2.05, 4.69) is 5.32 Å². The zero-order valence-electron chi connectivity index (χ0n) is 18.6. The van der Waals surface area contributed by atoms with Crippen molar-refractivity contribution in [2.45, 2.75) is 13.0 Å². The van der Waals surface area contributed by atoms with Crippen LogP contribution in [-0.2, 0) is 10.1 Å². The number of aromatic nitrogens is 1. The Morgan fingerprint density at radius 3 is 2.31 bits per heavy atom. The number of aromatic carboxylic acids is 1. The summed E-state index contributed by atoms with van der Waals surface area (Å²) in [5.74, 6) is -3.96. The summed E-state index contributed by atoms with van der Waals surface area (Å²) in [5, 5.41) is 12.4. The molecule has 1 fully saturated rings. The quantitative estimate of drug-likeness (QED) is 0.456. The van der Waals surface area contributed by atoms with Gasteiger partial charge in [-0.2, -0.15) is 8.42 Å². The van der Waals surface area contributed by atoms with Crippen LogP contribution < -0.4 is 15.6 Å². The number of fused-ring (bicyclic) bond motifs is 1. The van der Waals surface area contributed by atoms with Crippen LogP contribution in [-0.4, -0.2) is 60.5 Å². The van der Waals surface area contributed by atoms with E-state index in [-0.39, 0.29) is 28.3 Å². The molecule has 3 aromatic rings. The van der Waals surface area contributed by atoms with Crippen molar-refractivity contribution in [2.24, 2.45) is 0 Å². The van der Waals surface area contributed by atoms with E-state index in [9.17, 15) is 36.3 Å². The Bertz CT molecular complexity index is 1450. The van der Waals surface area contributed by atoms with E-state index in [0.717, 1.165) is 29.0 Å². The number of hydrogen-bond acceptors (Lipinski definition) is 6. The zero-order valence-corrected chi connectivity index (χ0v) is 19.4. The molecular formula is C22H22F3N3O6S. The van der Waals surface area contributed by atoms with Gasteiger partial charge in [-0.25, -0.2) is 18.0 Å². The van der Waals surface area contributed by atoms with E-state index in [1.165, 1.54) is 6.07 Å². The maximum Gasteiger partial charge on any atom is 0.341 e. The topological polar surface area (TPSA) is 129 Å². The number of benzene rings is 2. The first-order chi connectivity index (χ1) is 16.3. The van der Waals surface area contributed by atoms with Crippen molar-refractivity contribution in [2.75, 3.05) is 30.8 Å². The van der Waals surface area contributed by atoms with Gasteiger partial charge in [0, 0.05) is 43.3 Å². The van der Waals surface area contributed by atoms with Gasteiger partial charge in [-0.1, -0.05) is 0 Å². The molecule has 0 aliphatic carbocycles. The van der Waals surface area contributed by atoms with Crippen LogP contribution >= 0.6 is 0 Å². The highest BCUT2D eigenvalue weighted by Crippen LogP contribution is 2.28. The minimum atomic E-state index is -3.67. The summed E-state index contributed by atoms with van der Waals surface area (Å²) >= 11 is 0. The summed E-state index contributed by atoms with van der Waals surface area (Å²) in [6, 6.07) is 5.30. The fourth-order valence-electron chi connectivity index (χ4n) is 3.76. The maximum atomic E-state index is 14.9. The van der Waals surface area contributed by atoms with Crippen molar-refractivity contribution in [3.8, 4) is 5.69 Å². The average molecular weight is 513 g/mol. The predicted molar refractivity (Wildman–Crippen MR) is 124 cm³/mol. The molecule has 0 bridgehead atoms. The molecule has 188 valence electrons. The predicted octanol–water partition coefficient (Wildman–Crippen LogP) is 2.41. The third-order valence-electron chi connectivity index (χ3n) is 5.18. The Hall–Kier alpha value is -3.42. The van der Waals surface area contributed by atoms with Crippen molar-refractivity contribution in [1.29, 1.82) is 0 Å². The number of anilines is 1. The number of carboxylic acids is 1. The first-order valence-corrected chi connectivity index (χ1v) is 12.1. The minimum Gasteiger partial charge on any atom is -0.477 e. The van der Waals surface area contributed by atoms with Crippen LogP contribution in [0, 0.1) is 17.5 Å². The van der Waals surface area contributed by atoms with Crippen molar-refractivity contribution in [1.82, 2.24) is 9.88 Å². The van der Waals surface area contributed by atoms with E-state index in [1.807, 2.05) is 6.92 Å². The largest absolute Gasteiger partial charge is 0.477 e. The highest BCUT2D eigenvalue weighted by molar-refractivity contribution is 7.85. The molecule has 0 amide bonds. The highest BCUT2D eigenvalue weighted by Gasteiger charge is 2.23. The third-order valence-corrected chi connectivity index (χ3v) is 5.18. The molecule has 0 radical (unpaired) electrons. The molecule has 2 aromatic carbocycles. The number of pyridine rings is 1. The van der Waals surface area contributed by atoms with Crippen molar-refractivity contribution in [3.63, 3.8) is 0 Å². The van der Waals surface area contributed by atoms with E-state index >= 15 is 0 Å². The van der Waals surface area contributed by atoms with Crippen molar-refractivity contribution >= 4 is 32.7 Å². The summed E-state index contributed by atoms with van der Waals surface area (Å²) in [6.07, 6.45) is 1.69. The lowest BCUT2D eigenvalue weighted by Gasteiger charge is -2.34. The van der Waals surface area contributed by atoms with Gasteiger partial charge in [0.1, 0.15) is 23.0 Å². The van der Waals surface area contributed by atoms with E-state index < -0.39 is 44.5 Å². The summed E-state index contributed by atoms with van der Waals surface area (Å²) in [7, 11) is -3.67. The van der Waals surface area contributed by atoms with E-state index in [0.29, 0.717) is 32.0 Å². The monoisotopic (exact) mass is 513 g/mol. The molecule has 0 spiro atoms. The molecular weight excluding hydrogens is 491 g/mol. The second-order valence-corrected chi connectivity index (χ2v) is 9.46. The molecule has 3 N–H and O–H groups in total. The van der Waals surface area contributed by atoms with Gasteiger partial charge in [0.25, 0.3) is 10.1 Å². The number of hydrogen-bond donors (Lipinski definition) is 3. The first-order valence-electron chi connectivity index (χ1n) is 10.2.